The fraction of sp³-hybridized carbons (Fsp3) is 0.500. The van der Waals surface area contributed by atoms with Crippen molar-refractivity contribution in [2.45, 2.75) is 39.3 Å². The molecule has 1 amide bonds. The number of nitrogens with zero attached hydrogens (tertiary/aromatic N) is 2. The number of furan rings is 1. The molecule has 0 atom stereocenters. The summed E-state index contributed by atoms with van der Waals surface area (Å²) in [5.74, 6) is 1.42. The second-order valence-corrected chi connectivity index (χ2v) is 7.16. The zero-order chi connectivity index (χ0) is 16.4. The number of hydrogen-bond acceptors (Lipinski definition) is 6. The molecule has 1 fully saturated rings. The number of thiazole rings is 1. The normalized spacial score (nSPS) is 15.9. The van der Waals surface area contributed by atoms with Crippen molar-refractivity contribution in [3.8, 4) is 0 Å². The number of rotatable bonds is 4. The number of carbonyl (C=O) groups is 1. The van der Waals surface area contributed by atoms with Crippen LogP contribution in [0.2, 0.25) is 0 Å². The van der Waals surface area contributed by atoms with E-state index in [1.807, 2.05) is 20.0 Å². The quantitative estimate of drug-likeness (QED) is 0.864. The molecular weight excluding hydrogens is 348 g/mol. The Morgan fingerprint density at radius 1 is 1.46 bits per heavy atom. The zero-order valence-electron chi connectivity index (χ0n) is 13.9. The van der Waals surface area contributed by atoms with Gasteiger partial charge in [-0.05, 0) is 32.8 Å². The first kappa shape index (κ1) is 18.8. The van der Waals surface area contributed by atoms with E-state index in [0.29, 0.717) is 16.5 Å². The molecule has 3 N–H and O–H groups in total. The molecule has 2 aromatic rings. The number of hydrogen-bond donors (Lipinski definition) is 2. The first-order chi connectivity index (χ1) is 11.0. The van der Waals surface area contributed by atoms with Crippen LogP contribution in [0.3, 0.4) is 0 Å². The van der Waals surface area contributed by atoms with Gasteiger partial charge in [0, 0.05) is 36.8 Å². The number of halogens is 1. The molecule has 0 aliphatic carbocycles. The zero-order valence-corrected chi connectivity index (χ0v) is 15.5. The first-order valence-electron chi connectivity index (χ1n) is 7.81. The maximum Gasteiger partial charge on any atom is 0.255 e. The molecule has 3 rings (SSSR count). The Hall–Kier alpha value is -1.57. The molecule has 1 aliphatic rings. The van der Waals surface area contributed by atoms with Gasteiger partial charge < -0.3 is 15.5 Å². The predicted molar refractivity (Wildman–Crippen MR) is 97.7 cm³/mol. The second kappa shape index (κ2) is 8.00. The smallest absolute Gasteiger partial charge is 0.255 e. The summed E-state index contributed by atoms with van der Waals surface area (Å²) < 4.78 is 5.43. The van der Waals surface area contributed by atoms with Crippen molar-refractivity contribution in [3.63, 3.8) is 0 Å². The number of amides is 1. The van der Waals surface area contributed by atoms with Crippen molar-refractivity contribution in [3.05, 3.63) is 34.2 Å². The lowest BCUT2D eigenvalue weighted by atomic mass is 10.0. The largest absolute Gasteiger partial charge is 0.466 e. The lowest BCUT2D eigenvalue weighted by Crippen LogP contribution is -2.44. The maximum absolute atomic E-state index is 12.3. The number of piperidine rings is 1. The van der Waals surface area contributed by atoms with Gasteiger partial charge in [0.1, 0.15) is 11.5 Å². The van der Waals surface area contributed by atoms with Gasteiger partial charge in [-0.3, -0.25) is 9.69 Å². The lowest BCUT2D eigenvalue weighted by molar-refractivity contribution is 0.0907. The van der Waals surface area contributed by atoms with Crippen molar-refractivity contribution in [1.82, 2.24) is 15.2 Å². The van der Waals surface area contributed by atoms with E-state index in [1.54, 1.807) is 6.07 Å². The number of nitrogens with one attached hydrogen (secondary N) is 1. The van der Waals surface area contributed by atoms with Crippen LogP contribution in [-0.2, 0) is 6.54 Å². The lowest BCUT2D eigenvalue weighted by Gasteiger charge is -2.31. The van der Waals surface area contributed by atoms with E-state index < -0.39 is 0 Å². The molecule has 0 unspecified atom stereocenters. The van der Waals surface area contributed by atoms with Crippen LogP contribution >= 0.6 is 23.7 Å². The SMILES string of the molecule is Cc1cc(C(=O)NC2CCN(Cc3cnc(N)s3)CC2)c(C)o1.Cl. The van der Waals surface area contributed by atoms with Crippen LogP contribution in [0.1, 0.15) is 39.6 Å². The van der Waals surface area contributed by atoms with E-state index in [2.05, 4.69) is 15.2 Å². The van der Waals surface area contributed by atoms with Crippen LogP contribution in [0.5, 0.6) is 0 Å². The Kier molecular flexibility index (Phi) is 6.26. The van der Waals surface area contributed by atoms with Gasteiger partial charge in [-0.1, -0.05) is 0 Å². The predicted octanol–water partition coefficient (Wildman–Crippen LogP) is 2.75. The molecule has 0 bridgehead atoms. The highest BCUT2D eigenvalue weighted by molar-refractivity contribution is 7.15. The third-order valence-electron chi connectivity index (χ3n) is 4.16. The minimum Gasteiger partial charge on any atom is -0.466 e. The fourth-order valence-corrected chi connectivity index (χ4v) is 3.70. The molecule has 3 heterocycles. The highest BCUT2D eigenvalue weighted by atomic mass is 35.5. The molecule has 0 saturated carbocycles. The minimum atomic E-state index is -0.0342. The molecule has 0 spiro atoms. The molecule has 1 saturated heterocycles. The van der Waals surface area contributed by atoms with Crippen LogP contribution in [0.15, 0.2) is 16.7 Å². The molecule has 0 aromatic carbocycles. The number of aryl methyl sites for hydroxylation is 2. The van der Waals surface area contributed by atoms with Gasteiger partial charge in [0.2, 0.25) is 0 Å². The maximum atomic E-state index is 12.3. The Labute approximate surface area is 151 Å². The molecule has 0 radical (unpaired) electrons. The Balaban J connectivity index is 0.00000208. The van der Waals surface area contributed by atoms with Crippen LogP contribution in [-0.4, -0.2) is 34.9 Å². The van der Waals surface area contributed by atoms with Gasteiger partial charge in [0.05, 0.1) is 5.56 Å². The van der Waals surface area contributed by atoms with E-state index in [-0.39, 0.29) is 24.4 Å². The summed E-state index contributed by atoms with van der Waals surface area (Å²) in [5, 5.41) is 3.74. The standard InChI is InChI=1S/C16H22N4O2S.ClH/c1-10-7-14(11(2)22-10)15(21)19-12-3-5-20(6-4-12)9-13-8-18-16(17)23-13;/h7-8,12H,3-6,9H2,1-2H3,(H2,17,18)(H,19,21);1H. The molecular formula is C16H23ClN4O2S. The minimum absolute atomic E-state index is 0. The first-order valence-corrected chi connectivity index (χ1v) is 8.63. The highest BCUT2D eigenvalue weighted by Crippen LogP contribution is 2.20. The Morgan fingerprint density at radius 2 is 2.17 bits per heavy atom. The van der Waals surface area contributed by atoms with E-state index in [9.17, 15) is 4.79 Å². The topological polar surface area (TPSA) is 84.4 Å². The molecule has 24 heavy (non-hydrogen) atoms. The summed E-state index contributed by atoms with van der Waals surface area (Å²) in [7, 11) is 0. The van der Waals surface area contributed by atoms with Crippen molar-refractivity contribution >= 4 is 34.8 Å². The van der Waals surface area contributed by atoms with Gasteiger partial charge >= 0.3 is 0 Å². The van der Waals surface area contributed by atoms with E-state index >= 15 is 0 Å². The van der Waals surface area contributed by atoms with Gasteiger partial charge in [-0.2, -0.15) is 0 Å². The van der Waals surface area contributed by atoms with Gasteiger partial charge in [-0.25, -0.2) is 4.98 Å². The van der Waals surface area contributed by atoms with E-state index in [4.69, 9.17) is 10.2 Å². The second-order valence-electron chi connectivity index (χ2n) is 6.02. The van der Waals surface area contributed by atoms with Crippen molar-refractivity contribution < 1.29 is 9.21 Å². The molecule has 8 heteroatoms. The third-order valence-corrected chi connectivity index (χ3v) is 4.97. The number of anilines is 1. The van der Waals surface area contributed by atoms with E-state index in [0.717, 1.165) is 38.2 Å². The van der Waals surface area contributed by atoms with Crippen LogP contribution in [0.4, 0.5) is 5.13 Å². The summed E-state index contributed by atoms with van der Waals surface area (Å²) in [6.45, 7) is 6.49. The molecule has 2 aromatic heterocycles. The number of likely N-dealkylation sites (tertiary alicyclic amines) is 1. The number of nitrogens with two attached hydrogens (primary N) is 1. The molecule has 132 valence electrons. The summed E-state index contributed by atoms with van der Waals surface area (Å²) in [6.07, 6.45) is 3.75. The van der Waals surface area contributed by atoms with Crippen molar-refractivity contribution in [2.24, 2.45) is 0 Å². The van der Waals surface area contributed by atoms with Gasteiger partial charge in [0.15, 0.2) is 5.13 Å². The van der Waals surface area contributed by atoms with Crippen LogP contribution in [0, 0.1) is 13.8 Å². The van der Waals surface area contributed by atoms with Crippen molar-refractivity contribution in [2.75, 3.05) is 18.8 Å². The number of aromatic nitrogens is 1. The van der Waals surface area contributed by atoms with E-state index in [1.165, 1.54) is 16.2 Å². The molecule has 1 aliphatic heterocycles. The Morgan fingerprint density at radius 3 is 2.71 bits per heavy atom. The van der Waals surface area contributed by atoms with Gasteiger partial charge in [0.25, 0.3) is 5.91 Å². The fourth-order valence-electron chi connectivity index (χ4n) is 2.97. The van der Waals surface area contributed by atoms with Gasteiger partial charge in [-0.15, -0.1) is 23.7 Å². The average molecular weight is 371 g/mol. The summed E-state index contributed by atoms with van der Waals surface area (Å²) in [4.78, 5) is 20.0. The summed E-state index contributed by atoms with van der Waals surface area (Å²) in [5.41, 5.74) is 6.31. The summed E-state index contributed by atoms with van der Waals surface area (Å²) >= 11 is 1.54. The summed E-state index contributed by atoms with van der Waals surface area (Å²) in [6, 6.07) is 2.02. The van der Waals surface area contributed by atoms with Crippen LogP contribution < -0.4 is 11.1 Å². The average Bonchev–Trinajstić information content (AvgIpc) is 3.06. The Bertz CT molecular complexity index is 692. The van der Waals surface area contributed by atoms with Crippen molar-refractivity contribution in [1.29, 1.82) is 0 Å². The third kappa shape index (κ3) is 4.49. The monoisotopic (exact) mass is 370 g/mol. The molecule has 6 nitrogen and oxygen atoms in total. The number of nitrogen functional groups attached to an aromatic ring is 1. The van der Waals surface area contributed by atoms with Crippen LogP contribution in [0.25, 0.3) is 0 Å². The number of carbonyl (C=O) groups excluding carboxylic acids is 1. The highest BCUT2D eigenvalue weighted by Gasteiger charge is 2.23.